The molecule has 0 bridgehead atoms. The third kappa shape index (κ3) is 5.20. The van der Waals surface area contributed by atoms with E-state index in [0.29, 0.717) is 11.4 Å². The fraction of sp³-hybridized carbons (Fsp3) is 0.423. The lowest BCUT2D eigenvalue weighted by Gasteiger charge is -2.28. The smallest absolute Gasteiger partial charge is 0.293 e. The van der Waals surface area contributed by atoms with Crippen molar-refractivity contribution in [2.24, 2.45) is 0 Å². The molecule has 0 saturated carbocycles. The van der Waals surface area contributed by atoms with Crippen molar-refractivity contribution < 1.29 is 9.53 Å². The van der Waals surface area contributed by atoms with Gasteiger partial charge in [-0.15, -0.1) is 0 Å². The highest BCUT2D eigenvalue weighted by atomic mass is 35.5. The van der Waals surface area contributed by atoms with Crippen molar-refractivity contribution in [1.29, 1.82) is 0 Å². The van der Waals surface area contributed by atoms with Gasteiger partial charge in [-0.3, -0.25) is 9.59 Å². The molecule has 0 spiro atoms. The summed E-state index contributed by atoms with van der Waals surface area (Å²) in [7, 11) is 0. The van der Waals surface area contributed by atoms with Crippen molar-refractivity contribution >= 4 is 45.5 Å². The Hall–Kier alpha value is -3.06. The van der Waals surface area contributed by atoms with Gasteiger partial charge in [0.2, 0.25) is 0 Å². The zero-order valence-electron chi connectivity index (χ0n) is 19.9. The highest BCUT2D eigenvalue weighted by Gasteiger charge is 2.16. The van der Waals surface area contributed by atoms with Gasteiger partial charge in [0.15, 0.2) is 11.5 Å². The van der Waals surface area contributed by atoms with Gasteiger partial charge in [-0.1, -0.05) is 18.5 Å². The minimum absolute atomic E-state index is 0.0529. The summed E-state index contributed by atoms with van der Waals surface area (Å²) >= 11 is 6.46. The third-order valence-corrected chi connectivity index (χ3v) is 6.40. The van der Waals surface area contributed by atoms with Crippen molar-refractivity contribution in [1.82, 2.24) is 9.55 Å². The topological polar surface area (TPSA) is 76.5 Å². The number of halogens is 1. The fourth-order valence-corrected chi connectivity index (χ4v) is 4.40. The first-order valence-corrected chi connectivity index (χ1v) is 12.3. The predicted octanol–water partition coefficient (Wildman–Crippen LogP) is 5.72. The lowest BCUT2D eigenvalue weighted by atomic mass is 10.1. The average Bonchev–Trinajstić information content (AvgIpc) is 2.84. The van der Waals surface area contributed by atoms with Gasteiger partial charge in [0.05, 0.1) is 22.4 Å². The molecule has 0 unspecified atom stereocenters. The lowest BCUT2D eigenvalue weighted by molar-refractivity contribution is -0.120. The van der Waals surface area contributed by atoms with Gasteiger partial charge in [-0.25, -0.2) is 4.98 Å². The number of anilines is 3. The van der Waals surface area contributed by atoms with Gasteiger partial charge in [-0.2, -0.15) is 0 Å². The molecule has 0 aliphatic carbocycles. The molecule has 0 atom stereocenters. The highest BCUT2D eigenvalue weighted by molar-refractivity contribution is 6.33. The van der Waals surface area contributed by atoms with E-state index in [1.165, 1.54) is 19.3 Å². The quantitative estimate of drug-likeness (QED) is 0.442. The van der Waals surface area contributed by atoms with Crippen LogP contribution in [-0.2, 0) is 4.79 Å². The van der Waals surface area contributed by atoms with E-state index in [0.717, 1.165) is 41.2 Å². The number of carbonyl (C=O) groups excluding carboxylic acids is 1. The normalized spacial score (nSPS) is 14.0. The molecule has 1 aliphatic heterocycles. The molecule has 7 nitrogen and oxygen atoms in total. The Morgan fingerprint density at radius 1 is 1.18 bits per heavy atom. The van der Waals surface area contributed by atoms with E-state index in [-0.39, 0.29) is 29.7 Å². The molecule has 1 N–H and O–H groups in total. The largest absolute Gasteiger partial charge is 0.480 e. The Morgan fingerprint density at radius 2 is 1.94 bits per heavy atom. The molecular weight excluding hydrogens is 452 g/mol. The second-order valence-electron chi connectivity index (χ2n) is 8.93. The number of hydrogen-bond donors (Lipinski definition) is 1. The molecule has 0 amide bonds. The molecule has 2 aromatic heterocycles. The Bertz CT molecular complexity index is 1250. The summed E-state index contributed by atoms with van der Waals surface area (Å²) in [6.07, 6.45) is 5.65. The standard InChI is InChI=1S/C26H31ClN4O3/c1-4-20(32)16-34-24-13-18-12-19(8-9-23(18)31(17(2)3)26(24)33)29-22-14-25(28-15-21(22)27)30-10-6-5-7-11-30/h8-9,12-15,17H,4-7,10-11,16H2,1-3H3,(H,28,29). The van der Waals surface area contributed by atoms with Gasteiger partial charge in [0.1, 0.15) is 12.4 Å². The zero-order valence-corrected chi connectivity index (χ0v) is 20.7. The number of fused-ring (bicyclic) bond motifs is 1. The maximum absolute atomic E-state index is 13.0. The van der Waals surface area contributed by atoms with Crippen molar-refractivity contribution in [2.75, 3.05) is 29.9 Å². The number of nitrogens with zero attached hydrogens (tertiary/aromatic N) is 3. The number of nitrogens with one attached hydrogen (secondary N) is 1. The van der Waals surface area contributed by atoms with Crippen LogP contribution in [-0.4, -0.2) is 35.0 Å². The molecule has 1 fully saturated rings. The van der Waals surface area contributed by atoms with Crippen LogP contribution in [0.5, 0.6) is 5.75 Å². The Balaban J connectivity index is 1.68. The molecule has 4 rings (SSSR count). The van der Waals surface area contributed by atoms with E-state index in [1.54, 1.807) is 23.8 Å². The first kappa shape index (κ1) is 24.1. The van der Waals surface area contributed by atoms with Crippen LogP contribution in [0.25, 0.3) is 10.9 Å². The van der Waals surface area contributed by atoms with E-state index < -0.39 is 0 Å². The molecule has 180 valence electrons. The van der Waals surface area contributed by atoms with E-state index >= 15 is 0 Å². The molecule has 8 heteroatoms. The van der Waals surface area contributed by atoms with Crippen LogP contribution in [0.2, 0.25) is 5.02 Å². The average molecular weight is 483 g/mol. The van der Waals surface area contributed by atoms with Crippen molar-refractivity contribution in [3.8, 4) is 5.75 Å². The van der Waals surface area contributed by atoms with E-state index in [9.17, 15) is 9.59 Å². The summed E-state index contributed by atoms with van der Waals surface area (Å²) in [6, 6.07) is 9.43. The van der Waals surface area contributed by atoms with Crippen molar-refractivity contribution in [2.45, 2.75) is 52.5 Å². The number of aromatic nitrogens is 2. The number of rotatable bonds is 8. The number of hydrogen-bond acceptors (Lipinski definition) is 6. The molecule has 1 aromatic carbocycles. The lowest BCUT2D eigenvalue weighted by Crippen LogP contribution is -2.30. The number of ether oxygens (including phenoxy) is 1. The Morgan fingerprint density at radius 3 is 2.65 bits per heavy atom. The molecule has 34 heavy (non-hydrogen) atoms. The highest BCUT2D eigenvalue weighted by Crippen LogP contribution is 2.31. The molecule has 0 radical (unpaired) electrons. The predicted molar refractivity (Wildman–Crippen MR) is 138 cm³/mol. The number of ketones is 1. The van der Waals surface area contributed by atoms with Crippen LogP contribution in [0.3, 0.4) is 0 Å². The van der Waals surface area contributed by atoms with E-state index in [1.807, 2.05) is 38.1 Å². The third-order valence-electron chi connectivity index (χ3n) is 6.10. The fourth-order valence-electron chi connectivity index (χ4n) is 4.25. The monoisotopic (exact) mass is 482 g/mol. The summed E-state index contributed by atoms with van der Waals surface area (Å²) in [5.41, 5.74) is 2.17. The second-order valence-corrected chi connectivity index (χ2v) is 9.33. The number of Topliss-reactive ketones (excluding diaryl/α,β-unsaturated/α-hetero) is 1. The minimum atomic E-state index is -0.240. The summed E-state index contributed by atoms with van der Waals surface area (Å²) in [4.78, 5) is 31.6. The van der Waals surface area contributed by atoms with Gasteiger partial charge in [0.25, 0.3) is 5.56 Å². The van der Waals surface area contributed by atoms with Crippen molar-refractivity contribution in [3.63, 3.8) is 0 Å². The molecule has 3 heterocycles. The Labute approximate surface area is 204 Å². The van der Waals surface area contributed by atoms with E-state index in [2.05, 4.69) is 15.2 Å². The first-order valence-electron chi connectivity index (χ1n) is 11.9. The van der Waals surface area contributed by atoms with Crippen LogP contribution in [0.1, 0.15) is 52.5 Å². The van der Waals surface area contributed by atoms with Gasteiger partial charge in [-0.05, 0) is 57.4 Å². The van der Waals surface area contributed by atoms with Gasteiger partial charge >= 0.3 is 0 Å². The summed E-state index contributed by atoms with van der Waals surface area (Å²) in [5.74, 6) is 1.04. The molecule has 1 aliphatic rings. The second kappa shape index (κ2) is 10.5. The molecule has 3 aromatic rings. The zero-order chi connectivity index (χ0) is 24.2. The maximum Gasteiger partial charge on any atom is 0.293 e. The molecular formula is C26H31ClN4O3. The van der Waals surface area contributed by atoms with Crippen LogP contribution >= 0.6 is 11.6 Å². The first-order chi connectivity index (χ1) is 16.4. The van der Waals surface area contributed by atoms with Crippen LogP contribution in [0.15, 0.2) is 41.3 Å². The number of carbonyl (C=O) groups is 1. The van der Waals surface area contributed by atoms with Crippen LogP contribution in [0, 0.1) is 0 Å². The summed E-state index contributed by atoms with van der Waals surface area (Å²) < 4.78 is 7.30. The minimum Gasteiger partial charge on any atom is -0.480 e. The SMILES string of the molecule is CCC(=O)COc1cc2cc(Nc3cc(N4CCCCC4)ncc3Cl)ccc2n(C(C)C)c1=O. The summed E-state index contributed by atoms with van der Waals surface area (Å²) in [6.45, 7) is 7.57. The van der Waals surface area contributed by atoms with Gasteiger partial charge in [0, 0.05) is 42.7 Å². The maximum atomic E-state index is 13.0. The Kier molecular flexibility index (Phi) is 7.41. The van der Waals surface area contributed by atoms with Crippen LogP contribution in [0.4, 0.5) is 17.2 Å². The number of piperidine rings is 1. The van der Waals surface area contributed by atoms with Crippen molar-refractivity contribution in [3.05, 3.63) is 51.9 Å². The number of pyridine rings is 2. The van der Waals surface area contributed by atoms with Crippen LogP contribution < -0.4 is 20.5 Å². The summed E-state index contributed by atoms with van der Waals surface area (Å²) in [5, 5.41) is 4.77. The molecule has 1 saturated heterocycles. The van der Waals surface area contributed by atoms with Gasteiger partial charge < -0.3 is 19.5 Å². The van der Waals surface area contributed by atoms with E-state index in [4.69, 9.17) is 16.3 Å². The number of benzene rings is 1.